The Balaban J connectivity index is 1.36. The Morgan fingerprint density at radius 1 is 0.590 bits per heavy atom. The summed E-state index contributed by atoms with van der Waals surface area (Å²) in [6, 6.07) is 16.8. The van der Waals surface area contributed by atoms with E-state index in [2.05, 4.69) is 57.2 Å². The topological polar surface area (TPSA) is 408 Å². The second-order valence-corrected chi connectivity index (χ2v) is 19.3. The second-order valence-electron chi connectivity index (χ2n) is 19.3. The number of imidazole rings is 1. The molecule has 5 aromatic rings. The number of hydrogen-bond acceptors (Lipinski definition) is 12. The van der Waals surface area contributed by atoms with Gasteiger partial charge in [0.25, 0.3) is 0 Å². The van der Waals surface area contributed by atoms with Gasteiger partial charge >= 0.3 is 0 Å². The Bertz CT molecular complexity index is 2790. The molecule has 0 fully saturated rings. The van der Waals surface area contributed by atoms with E-state index in [9.17, 15) is 38.4 Å². The minimum Gasteiger partial charge on any atom is -0.370 e. The Morgan fingerprint density at radius 3 is 1.71 bits per heavy atom. The molecule has 5 unspecified atom stereocenters. The van der Waals surface area contributed by atoms with Crippen molar-refractivity contribution in [3.63, 3.8) is 0 Å². The van der Waals surface area contributed by atoms with E-state index in [1.54, 1.807) is 80.7 Å². The maximum atomic E-state index is 14.6. The lowest BCUT2D eigenvalue weighted by atomic mass is 10.0. The third-order valence-corrected chi connectivity index (χ3v) is 12.8. The van der Waals surface area contributed by atoms with E-state index in [-0.39, 0.29) is 63.4 Å². The highest BCUT2D eigenvalue weighted by Gasteiger charge is 2.33. The molecule has 0 spiro atoms. The van der Waals surface area contributed by atoms with Crippen molar-refractivity contribution >= 4 is 64.1 Å². The molecule has 8 amide bonds. The van der Waals surface area contributed by atoms with Gasteiger partial charge in [-0.25, -0.2) is 4.98 Å². The first-order chi connectivity index (χ1) is 37.4. The van der Waals surface area contributed by atoms with Crippen LogP contribution in [0.4, 0.5) is 0 Å². The zero-order valence-electron chi connectivity index (χ0n) is 44.0. The van der Waals surface area contributed by atoms with Crippen LogP contribution in [0.15, 0.2) is 109 Å². The van der Waals surface area contributed by atoms with E-state index >= 15 is 0 Å². The predicted octanol–water partition coefficient (Wildman–Crippen LogP) is -1.16. The number of hydrogen-bond donors (Lipinski definition) is 14. The van der Waals surface area contributed by atoms with E-state index in [1.165, 1.54) is 12.5 Å². The highest BCUT2D eigenvalue weighted by atomic mass is 16.2. The molecular weight excluding hydrogens is 1000 g/mol. The number of nitrogens with zero attached hydrogens (tertiary/aromatic N) is 2. The smallest absolute Gasteiger partial charge is 0.243 e. The molecule has 0 saturated carbocycles. The van der Waals surface area contributed by atoms with E-state index in [0.29, 0.717) is 41.8 Å². The molecule has 5 rings (SSSR count). The lowest BCUT2D eigenvalue weighted by Gasteiger charge is -2.26. The summed E-state index contributed by atoms with van der Waals surface area (Å²) in [5.41, 5.74) is 32.2. The number of nitrogens with one attached hydrogen (secondary N) is 9. The number of fused-ring (bicyclic) bond motifs is 1. The van der Waals surface area contributed by atoms with E-state index in [4.69, 9.17) is 28.7 Å². The standard InChI is InChI=1S/C54H74N16O8/c1-32(2)46(47(57)72)70-53(78)43(25-34-16-7-4-8-17-34)68-50(75)40(20-11-12-22-55)65-45(71)30-63-49(74)44(26-35-28-62-39-19-10-9-18-37(35)39)69-51(76)41(21-13-23-61-54(58)59)66-52(77)42(24-33-14-5-3-6-15-33)67-48(73)38(56)27-36-29-60-31-64-36/h3-10,14-19,28-29,31-32,38,40-44,46,62H,11-13,20-27,30,55-56H2,1-2H3,(H2,57,72)(H,60,64)(H,63,74)(H,65,71)(H,66,77)(H,67,73)(H,68,75)(H,69,76)(H,70,78)(H4,58,59,61)/t38?,40?,41?,42-,43-,44?,46?/m1/s1. The Kier molecular flexibility index (Phi) is 23.8. The summed E-state index contributed by atoms with van der Waals surface area (Å²) in [4.78, 5) is 125. The fourth-order valence-corrected chi connectivity index (χ4v) is 8.56. The van der Waals surface area contributed by atoms with Gasteiger partial charge in [-0.15, -0.1) is 0 Å². The highest BCUT2D eigenvalue weighted by molar-refractivity contribution is 5.97. The van der Waals surface area contributed by atoms with Crippen molar-refractivity contribution in [2.45, 2.75) is 114 Å². The molecule has 2 heterocycles. The number of primary amides is 1. The van der Waals surface area contributed by atoms with E-state index in [0.717, 1.165) is 10.9 Å². The normalized spacial score (nSPS) is 13.8. The summed E-state index contributed by atoms with van der Waals surface area (Å²) in [6.07, 6.45) is 5.97. The van der Waals surface area contributed by atoms with Gasteiger partial charge in [-0.3, -0.25) is 43.3 Å². The molecule has 0 radical (unpaired) electrons. The summed E-state index contributed by atoms with van der Waals surface area (Å²) in [5.74, 6) is -6.35. The van der Waals surface area contributed by atoms with Crippen molar-refractivity contribution in [2.24, 2.45) is 39.6 Å². The molecule has 78 heavy (non-hydrogen) atoms. The lowest BCUT2D eigenvalue weighted by Crippen LogP contribution is -2.59. The number of rotatable bonds is 32. The maximum Gasteiger partial charge on any atom is 0.243 e. The first kappa shape index (κ1) is 60.2. The third-order valence-electron chi connectivity index (χ3n) is 12.8. The fourth-order valence-electron chi connectivity index (χ4n) is 8.56. The molecule has 19 N–H and O–H groups in total. The average Bonchev–Trinajstić information content (AvgIpc) is 4.10. The van der Waals surface area contributed by atoms with Crippen LogP contribution < -0.4 is 65.9 Å². The molecule has 7 atom stereocenters. The first-order valence-electron chi connectivity index (χ1n) is 25.9. The number of amides is 8. The zero-order chi connectivity index (χ0) is 56.6. The summed E-state index contributed by atoms with van der Waals surface area (Å²) < 4.78 is 0. The number of aromatic nitrogens is 3. The lowest BCUT2D eigenvalue weighted by molar-refractivity contribution is -0.134. The minimum atomic E-state index is -1.35. The van der Waals surface area contributed by atoms with Gasteiger partial charge in [0.1, 0.15) is 36.3 Å². The summed E-state index contributed by atoms with van der Waals surface area (Å²) in [5, 5.41) is 19.7. The van der Waals surface area contributed by atoms with Crippen LogP contribution in [0.25, 0.3) is 10.9 Å². The Morgan fingerprint density at radius 2 is 1.13 bits per heavy atom. The van der Waals surface area contributed by atoms with Crippen LogP contribution in [0.2, 0.25) is 0 Å². The Labute approximate surface area is 452 Å². The monoisotopic (exact) mass is 1070 g/mol. The van der Waals surface area contributed by atoms with E-state index in [1.807, 2.05) is 24.3 Å². The van der Waals surface area contributed by atoms with Crippen molar-refractivity contribution in [1.29, 1.82) is 0 Å². The van der Waals surface area contributed by atoms with Crippen molar-refractivity contribution in [3.05, 3.63) is 126 Å². The molecule has 3 aromatic carbocycles. The number of unbranched alkanes of at least 4 members (excludes halogenated alkanes) is 1. The molecule has 24 heteroatoms. The van der Waals surface area contributed by atoms with E-state index < -0.39 is 96.1 Å². The largest absolute Gasteiger partial charge is 0.370 e. The van der Waals surface area contributed by atoms with Gasteiger partial charge < -0.3 is 75.9 Å². The van der Waals surface area contributed by atoms with Crippen molar-refractivity contribution in [3.8, 4) is 0 Å². The molecule has 0 bridgehead atoms. The number of guanidine groups is 1. The van der Waals surface area contributed by atoms with Gasteiger partial charge in [0.15, 0.2) is 5.96 Å². The van der Waals surface area contributed by atoms with Crippen molar-refractivity contribution < 1.29 is 38.4 Å². The zero-order valence-corrected chi connectivity index (χ0v) is 44.0. The fraction of sp³-hybridized carbons (Fsp3) is 0.407. The van der Waals surface area contributed by atoms with Crippen LogP contribution in [0.1, 0.15) is 68.3 Å². The van der Waals surface area contributed by atoms with Crippen molar-refractivity contribution in [1.82, 2.24) is 52.2 Å². The molecular formula is C54H74N16O8. The number of aromatic amines is 2. The molecule has 0 saturated heterocycles. The third kappa shape index (κ3) is 19.5. The van der Waals surface area contributed by atoms with Crippen molar-refractivity contribution in [2.75, 3.05) is 19.6 Å². The number of para-hydroxylation sites is 1. The maximum absolute atomic E-state index is 14.6. The second kappa shape index (κ2) is 30.8. The highest BCUT2D eigenvalue weighted by Crippen LogP contribution is 2.20. The predicted molar refractivity (Wildman–Crippen MR) is 294 cm³/mol. The van der Waals surface area contributed by atoms with Crippen LogP contribution in [0.5, 0.6) is 0 Å². The van der Waals surface area contributed by atoms with Crippen LogP contribution >= 0.6 is 0 Å². The number of carbonyl (C=O) groups excluding carboxylic acids is 8. The number of carbonyl (C=O) groups is 8. The van der Waals surface area contributed by atoms with Crippen LogP contribution in [-0.4, -0.2) is 130 Å². The van der Waals surface area contributed by atoms with Gasteiger partial charge in [-0.05, 0) is 67.3 Å². The SMILES string of the molecule is CC(C)C(NC(=O)[C@@H](Cc1ccccc1)NC(=O)C(CCCCN)NC(=O)CNC(=O)C(Cc1c[nH]c2ccccc12)NC(=O)C(CCCN=C(N)N)NC(=O)[C@@H](Cc1ccccc1)NC(=O)C(N)Cc1cnc[nH]1)C(N)=O. The number of nitrogens with two attached hydrogens (primary N) is 5. The molecule has 24 nitrogen and oxygen atoms in total. The van der Waals surface area contributed by atoms with Crippen LogP contribution in [-0.2, 0) is 64.0 Å². The quantitative estimate of drug-likeness (QED) is 0.0138. The number of benzene rings is 3. The molecule has 2 aromatic heterocycles. The summed E-state index contributed by atoms with van der Waals surface area (Å²) in [6.45, 7) is 3.17. The average molecular weight is 1080 g/mol. The van der Waals surface area contributed by atoms with Gasteiger partial charge in [0, 0.05) is 61.2 Å². The van der Waals surface area contributed by atoms with Gasteiger partial charge in [-0.2, -0.15) is 0 Å². The van der Waals surface area contributed by atoms with Gasteiger partial charge in [0.2, 0.25) is 47.3 Å². The molecule has 0 aliphatic heterocycles. The Hall–Kier alpha value is -8.64. The first-order valence-corrected chi connectivity index (χ1v) is 25.9. The number of H-pyrrole nitrogens is 2. The van der Waals surface area contributed by atoms with Gasteiger partial charge in [0.05, 0.1) is 18.9 Å². The molecule has 418 valence electrons. The summed E-state index contributed by atoms with van der Waals surface area (Å²) >= 11 is 0. The molecule has 0 aliphatic rings. The van der Waals surface area contributed by atoms with Crippen LogP contribution in [0.3, 0.4) is 0 Å². The molecule has 0 aliphatic carbocycles. The van der Waals surface area contributed by atoms with Gasteiger partial charge in [-0.1, -0.05) is 92.7 Å². The number of aliphatic imine (C=N–C) groups is 1. The van der Waals surface area contributed by atoms with Crippen LogP contribution in [0, 0.1) is 5.92 Å². The minimum absolute atomic E-state index is 0.0194. The summed E-state index contributed by atoms with van der Waals surface area (Å²) in [7, 11) is 0.